The van der Waals surface area contributed by atoms with Gasteiger partial charge in [0.1, 0.15) is 11.8 Å². The minimum absolute atomic E-state index is 0.00506. The summed E-state index contributed by atoms with van der Waals surface area (Å²) in [7, 11) is 0. The number of fused-ring (bicyclic) bond motifs is 1. The Morgan fingerprint density at radius 3 is 3.00 bits per heavy atom. The molecule has 2 aromatic heterocycles. The van der Waals surface area contributed by atoms with Crippen molar-refractivity contribution in [3.63, 3.8) is 0 Å². The van der Waals surface area contributed by atoms with E-state index in [1.165, 1.54) is 6.33 Å². The van der Waals surface area contributed by atoms with E-state index in [1.54, 1.807) is 6.33 Å². The second kappa shape index (κ2) is 6.72. The van der Waals surface area contributed by atoms with E-state index in [9.17, 15) is 4.79 Å². The number of amides is 1. The molecular formula is C16H22N6O2. The number of H-pyrrole nitrogens is 1. The molecule has 0 aromatic carbocycles. The van der Waals surface area contributed by atoms with Gasteiger partial charge in [0.05, 0.1) is 12.2 Å². The Kier molecular flexibility index (Phi) is 4.29. The molecule has 2 aliphatic heterocycles. The Hall–Kier alpha value is -2.22. The first kappa shape index (κ1) is 15.3. The second-order valence-electron chi connectivity index (χ2n) is 6.48. The molecule has 1 atom stereocenters. The first-order chi connectivity index (χ1) is 11.8. The number of piperidine rings is 1. The van der Waals surface area contributed by atoms with Crippen molar-refractivity contribution in [3.05, 3.63) is 12.7 Å². The van der Waals surface area contributed by atoms with Gasteiger partial charge in [-0.2, -0.15) is 0 Å². The van der Waals surface area contributed by atoms with Gasteiger partial charge in [-0.25, -0.2) is 15.0 Å². The highest BCUT2D eigenvalue weighted by atomic mass is 16.5. The normalized spacial score (nSPS) is 22.7. The van der Waals surface area contributed by atoms with Gasteiger partial charge in [-0.3, -0.25) is 4.79 Å². The molecule has 1 unspecified atom stereocenters. The smallest absolute Gasteiger partial charge is 0.225 e. The van der Waals surface area contributed by atoms with Gasteiger partial charge in [-0.05, 0) is 25.7 Å². The van der Waals surface area contributed by atoms with Crippen LogP contribution >= 0.6 is 0 Å². The fraction of sp³-hybridized carbons (Fsp3) is 0.625. The predicted molar refractivity (Wildman–Crippen MR) is 88.6 cm³/mol. The molecule has 0 radical (unpaired) electrons. The minimum Gasteiger partial charge on any atom is -0.381 e. The molecule has 0 saturated carbocycles. The highest BCUT2D eigenvalue weighted by molar-refractivity contribution is 5.84. The number of carbonyl (C=O) groups excluding carboxylic acids is 1. The van der Waals surface area contributed by atoms with Crippen molar-refractivity contribution in [1.82, 2.24) is 25.3 Å². The molecule has 0 aliphatic carbocycles. The van der Waals surface area contributed by atoms with Crippen LogP contribution in [0.25, 0.3) is 11.2 Å². The van der Waals surface area contributed by atoms with Crippen molar-refractivity contribution in [1.29, 1.82) is 0 Å². The molecular weight excluding hydrogens is 308 g/mol. The lowest BCUT2D eigenvalue weighted by molar-refractivity contribution is -0.126. The van der Waals surface area contributed by atoms with Crippen molar-refractivity contribution >= 4 is 22.9 Å². The van der Waals surface area contributed by atoms with E-state index in [0.717, 1.165) is 56.8 Å². The summed E-state index contributed by atoms with van der Waals surface area (Å²) >= 11 is 0. The first-order valence-corrected chi connectivity index (χ1v) is 8.58. The number of ether oxygens (including phenoxy) is 1. The molecule has 2 N–H and O–H groups in total. The number of nitrogens with one attached hydrogen (secondary N) is 2. The van der Waals surface area contributed by atoms with E-state index in [1.807, 2.05) is 0 Å². The molecule has 2 saturated heterocycles. The average Bonchev–Trinajstić information content (AvgIpc) is 3.11. The van der Waals surface area contributed by atoms with Gasteiger partial charge in [0.2, 0.25) is 5.91 Å². The summed E-state index contributed by atoms with van der Waals surface area (Å²) < 4.78 is 5.35. The van der Waals surface area contributed by atoms with Gasteiger partial charge in [0, 0.05) is 32.3 Å². The lowest BCUT2D eigenvalue weighted by Crippen LogP contribution is -2.47. The molecule has 2 aromatic rings. The molecule has 4 heterocycles. The summed E-state index contributed by atoms with van der Waals surface area (Å²) in [5.41, 5.74) is 1.50. The maximum Gasteiger partial charge on any atom is 0.225 e. The van der Waals surface area contributed by atoms with Crippen LogP contribution in [0.2, 0.25) is 0 Å². The molecule has 8 nitrogen and oxygen atoms in total. The van der Waals surface area contributed by atoms with E-state index in [4.69, 9.17) is 4.74 Å². The summed E-state index contributed by atoms with van der Waals surface area (Å²) in [5.74, 6) is 0.983. The second-order valence-corrected chi connectivity index (χ2v) is 6.48. The molecule has 2 aliphatic rings. The summed E-state index contributed by atoms with van der Waals surface area (Å²) in [6.07, 6.45) is 6.87. The Labute approximate surface area is 140 Å². The lowest BCUT2D eigenvalue weighted by atomic mass is 9.96. The predicted octanol–water partition coefficient (Wildman–Crippen LogP) is 0.864. The largest absolute Gasteiger partial charge is 0.381 e. The Morgan fingerprint density at radius 1 is 1.25 bits per heavy atom. The number of aromatic nitrogens is 4. The van der Waals surface area contributed by atoms with E-state index < -0.39 is 0 Å². The monoisotopic (exact) mass is 330 g/mol. The maximum atomic E-state index is 12.6. The van der Waals surface area contributed by atoms with Gasteiger partial charge >= 0.3 is 0 Å². The van der Waals surface area contributed by atoms with Crippen LogP contribution in [0, 0.1) is 5.92 Å². The quantitative estimate of drug-likeness (QED) is 0.867. The van der Waals surface area contributed by atoms with Crippen LogP contribution in [-0.2, 0) is 9.53 Å². The molecule has 4 rings (SSSR count). The lowest BCUT2D eigenvalue weighted by Gasteiger charge is -2.34. The van der Waals surface area contributed by atoms with Crippen molar-refractivity contribution in [3.8, 4) is 0 Å². The van der Waals surface area contributed by atoms with Crippen molar-refractivity contribution in [2.24, 2.45) is 5.92 Å². The standard InChI is InChI=1S/C16H22N6O2/c23-16(21-12-3-6-24-7-4-12)11-2-1-5-22(8-11)15-13-14(18-9-17-13)19-10-20-15/h9-12H,1-8H2,(H,21,23)(H,17,18,19,20). The first-order valence-electron chi connectivity index (χ1n) is 8.58. The van der Waals surface area contributed by atoms with Gasteiger partial charge in [0.25, 0.3) is 0 Å². The maximum absolute atomic E-state index is 12.6. The van der Waals surface area contributed by atoms with E-state index in [0.29, 0.717) is 12.2 Å². The third-order valence-corrected chi connectivity index (χ3v) is 4.86. The van der Waals surface area contributed by atoms with Crippen LogP contribution in [0.1, 0.15) is 25.7 Å². The van der Waals surface area contributed by atoms with E-state index >= 15 is 0 Å². The Bertz CT molecular complexity index is 711. The van der Waals surface area contributed by atoms with Crippen molar-refractivity contribution < 1.29 is 9.53 Å². The molecule has 128 valence electrons. The third-order valence-electron chi connectivity index (χ3n) is 4.86. The summed E-state index contributed by atoms with van der Waals surface area (Å²) in [4.78, 5) is 30.6. The fourth-order valence-electron chi connectivity index (χ4n) is 3.54. The highest BCUT2D eigenvalue weighted by Crippen LogP contribution is 2.26. The fourth-order valence-corrected chi connectivity index (χ4v) is 3.54. The topological polar surface area (TPSA) is 96.0 Å². The summed E-state index contributed by atoms with van der Waals surface area (Å²) in [6, 6.07) is 0.250. The van der Waals surface area contributed by atoms with E-state index in [2.05, 4.69) is 30.2 Å². The number of hydrogen-bond donors (Lipinski definition) is 2. The molecule has 24 heavy (non-hydrogen) atoms. The van der Waals surface area contributed by atoms with Gasteiger partial charge < -0.3 is 19.9 Å². The van der Waals surface area contributed by atoms with Crippen LogP contribution in [0.15, 0.2) is 12.7 Å². The van der Waals surface area contributed by atoms with Gasteiger partial charge in [-0.15, -0.1) is 0 Å². The van der Waals surface area contributed by atoms with Gasteiger partial charge in [-0.1, -0.05) is 0 Å². The molecule has 1 amide bonds. The zero-order valence-electron chi connectivity index (χ0n) is 13.6. The van der Waals surface area contributed by atoms with Crippen LogP contribution in [0.4, 0.5) is 5.82 Å². The molecule has 2 fully saturated rings. The molecule has 8 heteroatoms. The number of rotatable bonds is 3. The SMILES string of the molecule is O=C(NC1CCOCC1)C1CCCN(c2ncnc3nc[nH]c23)C1. The van der Waals surface area contributed by atoms with Gasteiger partial charge in [0.15, 0.2) is 11.5 Å². The minimum atomic E-state index is -0.00506. The van der Waals surface area contributed by atoms with Crippen molar-refractivity contribution in [2.75, 3.05) is 31.2 Å². The van der Waals surface area contributed by atoms with Crippen LogP contribution in [0.5, 0.6) is 0 Å². The number of nitrogens with zero attached hydrogens (tertiary/aromatic N) is 4. The zero-order valence-corrected chi connectivity index (χ0v) is 13.6. The molecule has 0 bridgehead atoms. The van der Waals surface area contributed by atoms with Crippen LogP contribution in [-0.4, -0.2) is 58.2 Å². The van der Waals surface area contributed by atoms with Crippen LogP contribution < -0.4 is 10.2 Å². The number of aromatic amines is 1. The third kappa shape index (κ3) is 3.06. The Balaban J connectivity index is 1.45. The number of carbonyl (C=O) groups is 1. The zero-order chi connectivity index (χ0) is 16.4. The number of hydrogen-bond acceptors (Lipinski definition) is 6. The van der Waals surface area contributed by atoms with E-state index in [-0.39, 0.29) is 17.9 Å². The molecule has 0 spiro atoms. The van der Waals surface area contributed by atoms with Crippen molar-refractivity contribution in [2.45, 2.75) is 31.7 Å². The Morgan fingerprint density at radius 2 is 2.12 bits per heavy atom. The van der Waals surface area contributed by atoms with Crippen LogP contribution in [0.3, 0.4) is 0 Å². The highest BCUT2D eigenvalue weighted by Gasteiger charge is 2.29. The average molecular weight is 330 g/mol. The number of imidazole rings is 1. The summed E-state index contributed by atoms with van der Waals surface area (Å²) in [5, 5.41) is 3.19. The summed E-state index contributed by atoms with van der Waals surface area (Å²) in [6.45, 7) is 3.05. The number of anilines is 1.